The summed E-state index contributed by atoms with van der Waals surface area (Å²) >= 11 is 0. The minimum atomic E-state index is 0.113. The molecule has 2 N–H and O–H groups in total. The van der Waals surface area contributed by atoms with Crippen LogP contribution in [-0.4, -0.2) is 33.7 Å². The number of anilines is 1. The molecule has 5 nitrogen and oxygen atoms in total. The highest BCUT2D eigenvalue weighted by atomic mass is 16.2. The molecule has 1 amide bonds. The lowest BCUT2D eigenvalue weighted by Gasteiger charge is -2.28. The van der Waals surface area contributed by atoms with Gasteiger partial charge in [-0.25, -0.2) is 0 Å². The number of aromatic nitrogens is 2. The fourth-order valence-corrected chi connectivity index (χ4v) is 2.41. The highest BCUT2D eigenvalue weighted by Gasteiger charge is 2.23. The van der Waals surface area contributed by atoms with Crippen molar-refractivity contribution in [3.8, 4) is 0 Å². The van der Waals surface area contributed by atoms with Gasteiger partial charge in [-0.15, -0.1) is 0 Å². The molecule has 0 atom stereocenters. The minimum Gasteiger partial charge on any atom is -0.396 e. The Kier molecular flexibility index (Phi) is 2.95. The van der Waals surface area contributed by atoms with Crippen molar-refractivity contribution < 1.29 is 4.79 Å². The van der Waals surface area contributed by atoms with Gasteiger partial charge in [-0.3, -0.25) is 9.48 Å². The Morgan fingerprint density at radius 2 is 2.11 bits per heavy atom. The Morgan fingerprint density at radius 1 is 1.26 bits per heavy atom. The molecule has 0 fully saturated rings. The molecule has 98 valence electrons. The Labute approximate surface area is 111 Å². The van der Waals surface area contributed by atoms with Crippen molar-refractivity contribution in [2.45, 2.75) is 13.0 Å². The number of fused-ring (bicyclic) bond motifs is 1. The molecule has 19 heavy (non-hydrogen) atoms. The van der Waals surface area contributed by atoms with E-state index in [1.54, 1.807) is 17.1 Å². The molecule has 1 aliphatic heterocycles. The summed E-state index contributed by atoms with van der Waals surface area (Å²) in [6.07, 6.45) is 4.32. The monoisotopic (exact) mass is 256 g/mol. The Bertz CT molecular complexity index is 605. The molecule has 0 aliphatic carbocycles. The molecule has 0 saturated heterocycles. The van der Waals surface area contributed by atoms with Gasteiger partial charge in [0.05, 0.1) is 18.4 Å². The molecular weight excluding hydrogens is 240 g/mol. The molecule has 1 aliphatic rings. The third-order valence-electron chi connectivity index (χ3n) is 3.44. The summed E-state index contributed by atoms with van der Waals surface area (Å²) in [5, 5.41) is 4.12. The van der Waals surface area contributed by atoms with Crippen LogP contribution < -0.4 is 5.73 Å². The third-order valence-corrected chi connectivity index (χ3v) is 3.44. The van der Waals surface area contributed by atoms with Gasteiger partial charge in [0, 0.05) is 24.8 Å². The zero-order valence-corrected chi connectivity index (χ0v) is 10.6. The lowest BCUT2D eigenvalue weighted by atomic mass is 9.99. The number of amides is 1. The zero-order valence-electron chi connectivity index (χ0n) is 10.6. The van der Waals surface area contributed by atoms with Crippen LogP contribution in [0.15, 0.2) is 36.7 Å². The van der Waals surface area contributed by atoms with Crippen molar-refractivity contribution in [1.82, 2.24) is 14.7 Å². The third kappa shape index (κ3) is 2.31. The van der Waals surface area contributed by atoms with Crippen LogP contribution in [-0.2, 0) is 13.0 Å². The van der Waals surface area contributed by atoms with E-state index in [4.69, 9.17) is 5.73 Å². The van der Waals surface area contributed by atoms with Gasteiger partial charge in [0.25, 0.3) is 5.91 Å². The highest BCUT2D eigenvalue weighted by molar-refractivity contribution is 5.96. The lowest BCUT2D eigenvalue weighted by Crippen LogP contribution is -2.39. The predicted octanol–water partition coefficient (Wildman–Crippen LogP) is 1.16. The van der Waals surface area contributed by atoms with Crippen molar-refractivity contribution in [1.29, 1.82) is 0 Å². The number of hydrogen-bond acceptors (Lipinski definition) is 3. The average Bonchev–Trinajstić information content (AvgIpc) is 2.84. The molecule has 0 unspecified atom stereocenters. The normalized spacial score (nSPS) is 14.5. The Morgan fingerprint density at radius 3 is 2.89 bits per heavy atom. The quantitative estimate of drug-likeness (QED) is 0.896. The van der Waals surface area contributed by atoms with Gasteiger partial charge in [-0.2, -0.15) is 5.10 Å². The molecule has 0 bridgehead atoms. The van der Waals surface area contributed by atoms with E-state index in [0.29, 0.717) is 18.8 Å². The highest BCUT2D eigenvalue weighted by Crippen LogP contribution is 2.18. The van der Waals surface area contributed by atoms with Crippen LogP contribution in [0.25, 0.3) is 0 Å². The minimum absolute atomic E-state index is 0.113. The smallest absolute Gasteiger partial charge is 0.254 e. The van der Waals surface area contributed by atoms with Crippen molar-refractivity contribution >= 4 is 11.6 Å². The molecule has 0 spiro atoms. The maximum Gasteiger partial charge on any atom is 0.254 e. The first kappa shape index (κ1) is 11.8. The molecule has 2 aromatic rings. The standard InChI is InChI=1S/C14H16N4O/c15-12-9-16-18(10-12)8-7-17-6-5-11-3-1-2-4-13(11)14(17)19/h1-4,9-10H,5-8,15H2. The molecule has 1 aromatic heterocycles. The Hall–Kier alpha value is -2.30. The van der Waals surface area contributed by atoms with Crippen LogP contribution in [0, 0.1) is 0 Å². The first-order valence-electron chi connectivity index (χ1n) is 6.39. The van der Waals surface area contributed by atoms with Gasteiger partial charge in [-0.05, 0) is 18.1 Å². The first-order valence-corrected chi connectivity index (χ1v) is 6.39. The van der Waals surface area contributed by atoms with E-state index in [9.17, 15) is 4.79 Å². The van der Waals surface area contributed by atoms with E-state index in [1.807, 2.05) is 29.2 Å². The fourth-order valence-electron chi connectivity index (χ4n) is 2.41. The summed E-state index contributed by atoms with van der Waals surface area (Å²) in [5.74, 6) is 0.113. The first-order chi connectivity index (χ1) is 9.24. The van der Waals surface area contributed by atoms with Gasteiger partial charge in [-0.1, -0.05) is 18.2 Å². The van der Waals surface area contributed by atoms with Gasteiger partial charge in [0.15, 0.2) is 0 Å². The summed E-state index contributed by atoms with van der Waals surface area (Å²) in [6, 6.07) is 7.82. The van der Waals surface area contributed by atoms with Crippen LogP contribution in [0.3, 0.4) is 0 Å². The molecule has 1 aromatic carbocycles. The van der Waals surface area contributed by atoms with Crippen LogP contribution in [0.4, 0.5) is 5.69 Å². The second-order valence-electron chi connectivity index (χ2n) is 4.74. The van der Waals surface area contributed by atoms with Crippen LogP contribution >= 0.6 is 0 Å². The van der Waals surface area contributed by atoms with Crippen molar-refractivity contribution in [2.24, 2.45) is 0 Å². The van der Waals surface area contributed by atoms with Crippen LogP contribution in [0.2, 0.25) is 0 Å². The maximum absolute atomic E-state index is 12.3. The maximum atomic E-state index is 12.3. The molecule has 3 rings (SSSR count). The Balaban J connectivity index is 1.69. The van der Waals surface area contributed by atoms with Gasteiger partial charge in [0.2, 0.25) is 0 Å². The van der Waals surface area contributed by atoms with E-state index in [1.165, 1.54) is 0 Å². The number of nitrogen functional groups attached to an aromatic ring is 1. The summed E-state index contributed by atoms with van der Waals surface area (Å²) < 4.78 is 1.77. The summed E-state index contributed by atoms with van der Waals surface area (Å²) in [6.45, 7) is 2.10. The van der Waals surface area contributed by atoms with E-state index >= 15 is 0 Å². The molecule has 0 saturated carbocycles. The average molecular weight is 256 g/mol. The van der Waals surface area contributed by atoms with E-state index in [2.05, 4.69) is 5.10 Å². The second kappa shape index (κ2) is 4.76. The van der Waals surface area contributed by atoms with E-state index in [-0.39, 0.29) is 5.91 Å². The van der Waals surface area contributed by atoms with Crippen LogP contribution in [0.5, 0.6) is 0 Å². The van der Waals surface area contributed by atoms with Crippen molar-refractivity contribution in [3.05, 3.63) is 47.8 Å². The summed E-state index contributed by atoms with van der Waals surface area (Å²) in [7, 11) is 0. The van der Waals surface area contributed by atoms with Crippen LogP contribution in [0.1, 0.15) is 15.9 Å². The van der Waals surface area contributed by atoms with Gasteiger partial charge in [0.1, 0.15) is 0 Å². The molecular formula is C14H16N4O. The number of carbonyl (C=O) groups is 1. The lowest BCUT2D eigenvalue weighted by molar-refractivity contribution is 0.0732. The van der Waals surface area contributed by atoms with Gasteiger partial charge >= 0.3 is 0 Å². The number of hydrogen-bond donors (Lipinski definition) is 1. The molecule has 2 heterocycles. The number of carbonyl (C=O) groups excluding carboxylic acids is 1. The topological polar surface area (TPSA) is 64.2 Å². The largest absolute Gasteiger partial charge is 0.396 e. The number of nitrogens with zero attached hydrogens (tertiary/aromatic N) is 3. The summed E-state index contributed by atoms with van der Waals surface area (Å²) in [5.41, 5.74) is 8.24. The van der Waals surface area contributed by atoms with Gasteiger partial charge < -0.3 is 10.6 Å². The second-order valence-corrected chi connectivity index (χ2v) is 4.74. The zero-order chi connectivity index (χ0) is 13.2. The van der Waals surface area contributed by atoms with E-state index in [0.717, 1.165) is 24.1 Å². The van der Waals surface area contributed by atoms with E-state index < -0.39 is 0 Å². The molecule has 5 heteroatoms. The molecule has 0 radical (unpaired) electrons. The SMILES string of the molecule is Nc1cnn(CCN2CCc3ccccc3C2=O)c1. The number of nitrogens with two attached hydrogens (primary N) is 1. The van der Waals surface area contributed by atoms with Crippen molar-refractivity contribution in [3.63, 3.8) is 0 Å². The number of benzene rings is 1. The predicted molar refractivity (Wildman–Crippen MR) is 72.7 cm³/mol. The van der Waals surface area contributed by atoms with Crippen molar-refractivity contribution in [2.75, 3.05) is 18.8 Å². The number of rotatable bonds is 3. The summed E-state index contributed by atoms with van der Waals surface area (Å²) in [4.78, 5) is 14.2. The fraction of sp³-hybridized carbons (Fsp3) is 0.286.